The van der Waals surface area contributed by atoms with E-state index in [9.17, 15) is 0 Å². The van der Waals surface area contributed by atoms with Gasteiger partial charge in [-0.3, -0.25) is 4.68 Å². The number of amidine groups is 1. The number of aromatic nitrogens is 2. The van der Waals surface area contributed by atoms with Crippen LogP contribution in [0.4, 0.5) is 11.5 Å². The van der Waals surface area contributed by atoms with E-state index in [1.807, 2.05) is 84.1 Å². The molecule has 6 heteroatoms. The van der Waals surface area contributed by atoms with E-state index in [0.29, 0.717) is 0 Å². The van der Waals surface area contributed by atoms with E-state index in [2.05, 4.69) is 25.0 Å². The molecule has 22 heavy (non-hydrogen) atoms. The first kappa shape index (κ1) is 14.8. The Morgan fingerprint density at radius 1 is 1.14 bits per heavy atom. The molecule has 112 valence electrons. The summed E-state index contributed by atoms with van der Waals surface area (Å²) in [5, 5.41) is 12.2. The van der Waals surface area contributed by atoms with E-state index in [1.165, 1.54) is 0 Å². The maximum absolute atomic E-state index is 4.52. The third-order valence-electron chi connectivity index (χ3n) is 3.51. The number of fused-ring (bicyclic) bond motifs is 1. The van der Waals surface area contributed by atoms with E-state index in [4.69, 9.17) is 0 Å². The van der Waals surface area contributed by atoms with Crippen LogP contribution in [0, 0.1) is 0 Å². The Hall–Kier alpha value is -2.09. The molecule has 3 rings (SSSR count). The predicted octanol–water partition coefficient (Wildman–Crippen LogP) is 3.82. The predicted molar refractivity (Wildman–Crippen MR) is 101 cm³/mol. The summed E-state index contributed by atoms with van der Waals surface area (Å²) in [5.74, 6) is 1.72. The van der Waals surface area contributed by atoms with Gasteiger partial charge in [0.05, 0.1) is 28.4 Å². The maximum atomic E-state index is 4.52. The van der Waals surface area contributed by atoms with Crippen LogP contribution in [0.25, 0.3) is 10.9 Å². The van der Waals surface area contributed by atoms with Crippen molar-refractivity contribution in [2.45, 2.75) is 0 Å². The molecule has 0 radical (unpaired) electrons. The molecule has 0 fully saturated rings. The summed E-state index contributed by atoms with van der Waals surface area (Å²) in [4.78, 5) is 0. The molecule has 2 N–H and O–H groups in total. The number of para-hydroxylation sites is 1. The molecule has 0 aliphatic carbocycles. The zero-order chi connectivity index (χ0) is 15.5. The average Bonchev–Trinajstić information content (AvgIpc) is 2.88. The monoisotopic (exact) mass is 405 g/mol. The fourth-order valence-electron chi connectivity index (χ4n) is 2.45. The number of aryl methyl sites for hydroxylation is 1. The average molecular weight is 405 g/mol. The smallest absolute Gasteiger partial charge is 0.147 e. The van der Waals surface area contributed by atoms with Crippen LogP contribution >= 0.6 is 22.9 Å². The molecule has 0 spiro atoms. The van der Waals surface area contributed by atoms with Gasteiger partial charge in [0.1, 0.15) is 11.7 Å². The highest BCUT2D eigenvalue weighted by molar-refractivity contribution is 14.1. The van der Waals surface area contributed by atoms with Crippen molar-refractivity contribution in [3.63, 3.8) is 0 Å². The molecule has 0 aliphatic rings. The first-order valence-electron chi connectivity index (χ1n) is 6.89. The van der Waals surface area contributed by atoms with E-state index in [-0.39, 0.29) is 0 Å². The summed E-state index contributed by atoms with van der Waals surface area (Å²) in [6.07, 6.45) is 0. The second-order valence-electron chi connectivity index (χ2n) is 4.84. The van der Waals surface area contributed by atoms with Crippen LogP contribution in [0.1, 0.15) is 5.56 Å². The number of nitrogens with one attached hydrogen (secondary N) is 2. The quantitative estimate of drug-likeness (QED) is 0.396. The van der Waals surface area contributed by atoms with Gasteiger partial charge in [-0.25, -0.2) is 0 Å². The van der Waals surface area contributed by atoms with Gasteiger partial charge in [-0.1, -0.05) is 24.3 Å². The van der Waals surface area contributed by atoms with Crippen molar-refractivity contribution in [3.05, 3.63) is 54.1 Å². The van der Waals surface area contributed by atoms with Crippen LogP contribution in [0.3, 0.4) is 0 Å². The molecule has 2 aromatic carbocycles. The molecular formula is C16H16IN5. The largest absolute Gasteiger partial charge is 0.388 e. The number of rotatable bonds is 3. The highest BCUT2D eigenvalue weighted by Crippen LogP contribution is 2.24. The highest BCUT2D eigenvalue weighted by atomic mass is 127. The van der Waals surface area contributed by atoms with Crippen molar-refractivity contribution in [2.24, 2.45) is 10.3 Å². The van der Waals surface area contributed by atoms with Crippen molar-refractivity contribution < 1.29 is 0 Å². The minimum atomic E-state index is 0.791. The van der Waals surface area contributed by atoms with Crippen LogP contribution in [0.15, 0.2) is 51.7 Å². The standard InChI is InChI=1S/C16H16IN5/c1-18-13-9-5-3-7-11(13)15(20-17)19-16-12-8-4-6-10-14(12)21-22(16)2/h3-10,18H,1-2H3,(H,19,20). The van der Waals surface area contributed by atoms with E-state index in [1.54, 1.807) is 0 Å². The summed E-state index contributed by atoms with van der Waals surface area (Å²) in [7, 11) is 3.83. The van der Waals surface area contributed by atoms with Crippen molar-refractivity contribution >= 4 is 51.1 Å². The van der Waals surface area contributed by atoms with Gasteiger partial charge in [-0.15, -0.1) is 0 Å². The Kier molecular flexibility index (Phi) is 4.28. The van der Waals surface area contributed by atoms with E-state index < -0.39 is 0 Å². The minimum Gasteiger partial charge on any atom is -0.388 e. The Balaban J connectivity index is 2.04. The van der Waals surface area contributed by atoms with Crippen LogP contribution in [0.5, 0.6) is 0 Å². The lowest BCUT2D eigenvalue weighted by Gasteiger charge is -2.13. The van der Waals surface area contributed by atoms with Crippen LogP contribution in [-0.2, 0) is 7.05 Å². The highest BCUT2D eigenvalue weighted by Gasteiger charge is 2.13. The lowest BCUT2D eigenvalue weighted by Crippen LogP contribution is -2.17. The molecule has 5 nitrogen and oxygen atoms in total. The Labute approximate surface area is 142 Å². The Morgan fingerprint density at radius 3 is 2.64 bits per heavy atom. The molecule has 1 heterocycles. The number of benzene rings is 2. The Bertz CT molecular complexity index is 837. The minimum absolute atomic E-state index is 0.791. The lowest BCUT2D eigenvalue weighted by atomic mass is 10.1. The van der Waals surface area contributed by atoms with Crippen molar-refractivity contribution in [1.82, 2.24) is 9.78 Å². The van der Waals surface area contributed by atoms with Gasteiger partial charge in [0.15, 0.2) is 0 Å². The zero-order valence-corrected chi connectivity index (χ0v) is 14.5. The molecule has 0 saturated carbocycles. The second kappa shape index (κ2) is 6.35. The molecule has 0 atom stereocenters. The summed E-state index contributed by atoms with van der Waals surface area (Å²) < 4.78 is 6.23. The fourth-order valence-corrected chi connectivity index (χ4v) is 2.83. The van der Waals surface area contributed by atoms with Crippen LogP contribution < -0.4 is 10.6 Å². The third-order valence-corrected chi connectivity index (χ3v) is 4.00. The molecule has 1 aromatic heterocycles. The van der Waals surface area contributed by atoms with E-state index >= 15 is 0 Å². The number of anilines is 2. The van der Waals surface area contributed by atoms with Crippen molar-refractivity contribution in [2.75, 3.05) is 17.7 Å². The number of hydrogen-bond donors (Lipinski definition) is 2. The maximum Gasteiger partial charge on any atom is 0.147 e. The lowest BCUT2D eigenvalue weighted by molar-refractivity contribution is 0.790. The van der Waals surface area contributed by atoms with Gasteiger partial charge in [-0.2, -0.15) is 8.30 Å². The molecule has 3 aromatic rings. The first-order valence-corrected chi connectivity index (χ1v) is 7.86. The second-order valence-corrected chi connectivity index (χ2v) is 5.33. The van der Waals surface area contributed by atoms with Crippen molar-refractivity contribution in [1.29, 1.82) is 0 Å². The summed E-state index contributed by atoms with van der Waals surface area (Å²) >= 11 is 2.01. The van der Waals surface area contributed by atoms with Gasteiger partial charge in [0.2, 0.25) is 0 Å². The topological polar surface area (TPSA) is 54.2 Å². The SMILES string of the molecule is CNc1ccccc1/C(=N\I)Nc1c2ccccc2nn1C. The van der Waals surface area contributed by atoms with Crippen LogP contribution in [-0.4, -0.2) is 22.7 Å². The normalized spacial score (nSPS) is 11.7. The number of nitrogens with zero attached hydrogens (tertiary/aromatic N) is 3. The van der Waals surface area contributed by atoms with Gasteiger partial charge in [-0.05, 0) is 24.3 Å². The molecule has 0 bridgehead atoms. The van der Waals surface area contributed by atoms with Gasteiger partial charge in [0.25, 0.3) is 0 Å². The van der Waals surface area contributed by atoms with Crippen molar-refractivity contribution in [3.8, 4) is 0 Å². The summed E-state index contributed by atoms with van der Waals surface area (Å²) in [6.45, 7) is 0. The molecule has 0 amide bonds. The van der Waals surface area contributed by atoms with Gasteiger partial charge >= 0.3 is 0 Å². The summed E-state index contributed by atoms with van der Waals surface area (Å²) in [5.41, 5.74) is 3.00. The molecule has 0 unspecified atom stereocenters. The number of halogens is 1. The zero-order valence-electron chi connectivity index (χ0n) is 12.3. The molecule has 0 saturated heterocycles. The number of hydrogen-bond acceptors (Lipinski definition) is 3. The van der Waals surface area contributed by atoms with E-state index in [0.717, 1.165) is 33.8 Å². The van der Waals surface area contributed by atoms with Gasteiger partial charge < -0.3 is 10.6 Å². The Morgan fingerprint density at radius 2 is 1.86 bits per heavy atom. The third kappa shape index (κ3) is 2.66. The van der Waals surface area contributed by atoms with Crippen LogP contribution in [0.2, 0.25) is 0 Å². The fraction of sp³-hybridized carbons (Fsp3) is 0.125. The molecular weight excluding hydrogens is 389 g/mol. The summed E-state index contributed by atoms with van der Waals surface area (Å²) in [6, 6.07) is 16.1. The first-order chi connectivity index (χ1) is 10.7. The molecule has 0 aliphatic heterocycles. The van der Waals surface area contributed by atoms with Gasteiger partial charge in [0, 0.05) is 30.7 Å².